The van der Waals surface area contributed by atoms with Crippen LogP contribution >= 0.6 is 0 Å². The molecule has 7 heteroatoms. The third-order valence-corrected chi connectivity index (χ3v) is 4.87. The zero-order chi connectivity index (χ0) is 21.2. The summed E-state index contributed by atoms with van der Waals surface area (Å²) in [6.45, 7) is 7.01. The van der Waals surface area contributed by atoms with E-state index in [2.05, 4.69) is 10.6 Å². The van der Waals surface area contributed by atoms with Crippen molar-refractivity contribution >= 4 is 17.8 Å². The quantitative estimate of drug-likeness (QED) is 0.736. The number of urea groups is 1. The molecule has 2 aromatic carbocycles. The number of benzene rings is 2. The van der Waals surface area contributed by atoms with Crippen molar-refractivity contribution in [2.24, 2.45) is 0 Å². The lowest BCUT2D eigenvalue weighted by Gasteiger charge is -2.22. The van der Waals surface area contributed by atoms with Crippen molar-refractivity contribution in [2.75, 3.05) is 0 Å². The summed E-state index contributed by atoms with van der Waals surface area (Å²) in [7, 11) is 0. The Hall–Kier alpha value is -3.35. The molecule has 29 heavy (non-hydrogen) atoms. The number of hydrogen-bond donors (Lipinski definition) is 2. The summed E-state index contributed by atoms with van der Waals surface area (Å²) < 4.78 is 5.86. The van der Waals surface area contributed by atoms with Gasteiger partial charge in [0.2, 0.25) is 5.91 Å². The molecule has 1 fully saturated rings. The van der Waals surface area contributed by atoms with Crippen LogP contribution in [0.5, 0.6) is 11.5 Å². The number of carbonyl (C=O) groups excluding carboxylic acids is 3. The van der Waals surface area contributed by atoms with Gasteiger partial charge in [-0.3, -0.25) is 9.59 Å². The molecule has 0 saturated carbocycles. The van der Waals surface area contributed by atoms with E-state index in [0.717, 1.165) is 21.8 Å². The number of amides is 4. The van der Waals surface area contributed by atoms with Crippen LogP contribution < -0.4 is 15.4 Å². The van der Waals surface area contributed by atoms with E-state index in [1.54, 1.807) is 13.8 Å². The fourth-order valence-electron chi connectivity index (χ4n) is 3.05. The molecule has 1 aliphatic rings. The highest BCUT2D eigenvalue weighted by Crippen LogP contribution is 2.25. The standard InChI is InChI=1S/C22H25N3O4/c1-14-7-5-6-8-18(14)29-17-11-9-16(10-12-17)13-23-19(26)15(2)25-20(27)22(3,4)24-21(25)28/h5-12,15H,13H2,1-4H3,(H,23,26)(H,24,28). The van der Waals surface area contributed by atoms with Gasteiger partial charge in [0.05, 0.1) is 0 Å². The second-order valence-electron chi connectivity index (χ2n) is 7.64. The van der Waals surface area contributed by atoms with Gasteiger partial charge < -0.3 is 15.4 Å². The Bertz CT molecular complexity index is 937. The van der Waals surface area contributed by atoms with Gasteiger partial charge in [0.15, 0.2) is 0 Å². The zero-order valence-electron chi connectivity index (χ0n) is 17.0. The highest BCUT2D eigenvalue weighted by molar-refractivity contribution is 6.09. The molecule has 0 aliphatic carbocycles. The zero-order valence-corrected chi connectivity index (χ0v) is 17.0. The minimum atomic E-state index is -1.00. The molecule has 7 nitrogen and oxygen atoms in total. The Morgan fingerprint density at radius 1 is 1.14 bits per heavy atom. The van der Waals surface area contributed by atoms with Crippen molar-refractivity contribution < 1.29 is 19.1 Å². The Kier molecular flexibility index (Phi) is 5.59. The number of hydrogen-bond acceptors (Lipinski definition) is 4. The van der Waals surface area contributed by atoms with Crippen LogP contribution in [0.3, 0.4) is 0 Å². The molecule has 4 amide bonds. The number of aryl methyl sites for hydroxylation is 1. The molecule has 3 rings (SSSR count). The van der Waals surface area contributed by atoms with Gasteiger partial charge in [0.25, 0.3) is 5.91 Å². The third-order valence-electron chi connectivity index (χ3n) is 4.87. The molecule has 1 atom stereocenters. The Morgan fingerprint density at radius 2 is 1.79 bits per heavy atom. The summed E-state index contributed by atoms with van der Waals surface area (Å²) in [5.74, 6) is 0.678. The van der Waals surface area contributed by atoms with Gasteiger partial charge in [-0.15, -0.1) is 0 Å². The third kappa shape index (κ3) is 4.39. The van der Waals surface area contributed by atoms with E-state index in [-0.39, 0.29) is 6.54 Å². The number of para-hydroxylation sites is 1. The summed E-state index contributed by atoms with van der Waals surface area (Å²) in [6, 6.07) is 13.7. The van der Waals surface area contributed by atoms with Crippen LogP contribution in [0.15, 0.2) is 48.5 Å². The summed E-state index contributed by atoms with van der Waals surface area (Å²) in [6.07, 6.45) is 0. The smallest absolute Gasteiger partial charge is 0.325 e. The minimum Gasteiger partial charge on any atom is -0.457 e. The van der Waals surface area contributed by atoms with E-state index in [1.807, 2.05) is 55.5 Å². The average Bonchev–Trinajstić information content (AvgIpc) is 2.89. The Labute approximate surface area is 170 Å². The monoisotopic (exact) mass is 395 g/mol. The van der Waals surface area contributed by atoms with Gasteiger partial charge in [0.1, 0.15) is 23.1 Å². The number of imide groups is 1. The molecule has 1 unspecified atom stereocenters. The molecule has 2 N–H and O–H groups in total. The fraction of sp³-hybridized carbons (Fsp3) is 0.318. The highest BCUT2D eigenvalue weighted by Gasteiger charge is 2.47. The molecular formula is C22H25N3O4. The maximum atomic E-state index is 12.4. The van der Waals surface area contributed by atoms with E-state index in [4.69, 9.17) is 4.74 Å². The van der Waals surface area contributed by atoms with Crippen molar-refractivity contribution in [2.45, 2.75) is 45.8 Å². The van der Waals surface area contributed by atoms with Crippen LogP contribution in [0.25, 0.3) is 0 Å². The lowest BCUT2D eigenvalue weighted by atomic mass is 10.1. The van der Waals surface area contributed by atoms with Gasteiger partial charge in [-0.2, -0.15) is 0 Å². The van der Waals surface area contributed by atoms with E-state index in [1.165, 1.54) is 6.92 Å². The first-order valence-corrected chi connectivity index (χ1v) is 9.45. The Morgan fingerprint density at radius 3 is 2.38 bits per heavy atom. The first kappa shape index (κ1) is 20.4. The van der Waals surface area contributed by atoms with Crippen molar-refractivity contribution in [1.82, 2.24) is 15.5 Å². The van der Waals surface area contributed by atoms with Crippen molar-refractivity contribution in [3.8, 4) is 11.5 Å². The van der Waals surface area contributed by atoms with Crippen LogP contribution in [0, 0.1) is 6.92 Å². The largest absolute Gasteiger partial charge is 0.457 e. The summed E-state index contributed by atoms with van der Waals surface area (Å²) in [5.41, 5.74) is 0.917. The van der Waals surface area contributed by atoms with Gasteiger partial charge in [0, 0.05) is 6.54 Å². The van der Waals surface area contributed by atoms with Crippen LogP contribution in [-0.4, -0.2) is 34.3 Å². The molecule has 0 radical (unpaired) electrons. The molecule has 1 aliphatic heterocycles. The maximum Gasteiger partial charge on any atom is 0.325 e. The molecule has 2 aromatic rings. The lowest BCUT2D eigenvalue weighted by Crippen LogP contribution is -2.49. The van der Waals surface area contributed by atoms with Gasteiger partial charge in [-0.1, -0.05) is 30.3 Å². The van der Waals surface area contributed by atoms with E-state index in [9.17, 15) is 14.4 Å². The average molecular weight is 395 g/mol. The second kappa shape index (κ2) is 7.95. The van der Waals surface area contributed by atoms with Crippen LogP contribution in [0.1, 0.15) is 31.9 Å². The number of nitrogens with zero attached hydrogens (tertiary/aromatic N) is 1. The molecule has 152 valence electrons. The highest BCUT2D eigenvalue weighted by atomic mass is 16.5. The molecule has 0 spiro atoms. The lowest BCUT2D eigenvalue weighted by molar-refractivity contribution is -0.137. The summed E-state index contributed by atoms with van der Waals surface area (Å²) in [4.78, 5) is 37.8. The van der Waals surface area contributed by atoms with Crippen molar-refractivity contribution in [3.05, 3.63) is 59.7 Å². The fourth-order valence-corrected chi connectivity index (χ4v) is 3.05. The molecule has 0 aromatic heterocycles. The van der Waals surface area contributed by atoms with Crippen LogP contribution in [-0.2, 0) is 16.1 Å². The number of ether oxygens (including phenoxy) is 1. The first-order valence-electron chi connectivity index (χ1n) is 9.45. The molecular weight excluding hydrogens is 370 g/mol. The molecule has 1 heterocycles. The Balaban J connectivity index is 1.57. The summed E-state index contributed by atoms with van der Waals surface area (Å²) in [5, 5.41) is 5.34. The van der Waals surface area contributed by atoms with E-state index >= 15 is 0 Å². The predicted molar refractivity (Wildman–Crippen MR) is 108 cm³/mol. The van der Waals surface area contributed by atoms with Crippen LogP contribution in [0.2, 0.25) is 0 Å². The number of rotatable bonds is 6. The molecule has 0 bridgehead atoms. The predicted octanol–water partition coefficient (Wildman–Crippen LogP) is 3.12. The van der Waals surface area contributed by atoms with Crippen molar-refractivity contribution in [1.29, 1.82) is 0 Å². The number of carbonyl (C=O) groups is 3. The molecule has 1 saturated heterocycles. The van der Waals surface area contributed by atoms with E-state index in [0.29, 0.717) is 5.75 Å². The maximum absolute atomic E-state index is 12.4. The first-order chi connectivity index (χ1) is 13.7. The summed E-state index contributed by atoms with van der Waals surface area (Å²) >= 11 is 0. The van der Waals surface area contributed by atoms with Gasteiger partial charge in [-0.05, 0) is 57.0 Å². The normalized spacial score (nSPS) is 16.3. The number of nitrogens with one attached hydrogen (secondary N) is 2. The van der Waals surface area contributed by atoms with Gasteiger partial charge in [-0.25, -0.2) is 9.69 Å². The van der Waals surface area contributed by atoms with Gasteiger partial charge >= 0.3 is 6.03 Å². The minimum absolute atomic E-state index is 0.279. The topological polar surface area (TPSA) is 87.7 Å². The van der Waals surface area contributed by atoms with Crippen molar-refractivity contribution in [3.63, 3.8) is 0 Å². The van der Waals surface area contributed by atoms with Crippen LogP contribution in [0.4, 0.5) is 4.79 Å². The second-order valence-corrected chi connectivity index (χ2v) is 7.64. The SMILES string of the molecule is Cc1ccccc1Oc1ccc(CNC(=O)C(C)N2C(=O)NC(C)(C)C2=O)cc1. The van der Waals surface area contributed by atoms with E-state index < -0.39 is 29.4 Å².